The first-order valence-electron chi connectivity index (χ1n) is 7.16. The minimum absolute atomic E-state index is 0. The van der Waals surface area contributed by atoms with Crippen LogP contribution in [-0.4, -0.2) is 28.8 Å². The van der Waals surface area contributed by atoms with Crippen LogP contribution in [0.1, 0.15) is 64.7 Å². The highest BCUT2D eigenvalue weighted by molar-refractivity contribution is 6.02. The number of nitrogens with one attached hydrogen (secondary N) is 2. The number of carbonyl (C=O) groups is 2. The fourth-order valence-electron chi connectivity index (χ4n) is 3.03. The molecule has 1 aromatic heterocycles. The first kappa shape index (κ1) is 17.7. The molecule has 0 aliphatic heterocycles. The molecule has 1 aliphatic carbocycles. The standard InChI is InChI=1S/C15H23N3O2.ClH/c1-8-13(10(3)19)9(2)17-14(8)15(20)18-12-6-4-11(16)5-7-12;/h11-12,17H,4-7,16H2,1-3H3,(H,18,20);1H. The summed E-state index contributed by atoms with van der Waals surface area (Å²) < 4.78 is 0. The van der Waals surface area contributed by atoms with Gasteiger partial charge in [0.05, 0.1) is 0 Å². The molecule has 0 spiro atoms. The van der Waals surface area contributed by atoms with Gasteiger partial charge in [-0.05, 0) is 52.0 Å². The van der Waals surface area contributed by atoms with Crippen LogP contribution in [0.2, 0.25) is 0 Å². The molecule has 0 unspecified atom stereocenters. The number of carbonyl (C=O) groups excluding carboxylic acids is 2. The normalized spacial score (nSPS) is 21.5. The first-order chi connectivity index (χ1) is 9.40. The molecule has 1 fully saturated rings. The van der Waals surface area contributed by atoms with Crippen LogP contribution in [0.25, 0.3) is 0 Å². The Morgan fingerprint density at radius 1 is 1.19 bits per heavy atom. The van der Waals surface area contributed by atoms with Gasteiger partial charge in [-0.2, -0.15) is 0 Å². The Balaban J connectivity index is 0.00000220. The van der Waals surface area contributed by atoms with Crippen molar-refractivity contribution in [2.24, 2.45) is 5.73 Å². The zero-order valence-electron chi connectivity index (χ0n) is 12.8. The lowest BCUT2D eigenvalue weighted by atomic mass is 9.91. The number of rotatable bonds is 3. The number of aromatic amines is 1. The fourth-order valence-corrected chi connectivity index (χ4v) is 3.03. The number of hydrogen-bond donors (Lipinski definition) is 3. The molecule has 21 heavy (non-hydrogen) atoms. The summed E-state index contributed by atoms with van der Waals surface area (Å²) in [7, 11) is 0. The van der Waals surface area contributed by atoms with E-state index in [0.717, 1.165) is 36.9 Å². The zero-order chi connectivity index (χ0) is 14.9. The largest absolute Gasteiger partial charge is 0.354 e. The molecular weight excluding hydrogens is 290 g/mol. The van der Waals surface area contributed by atoms with Gasteiger partial charge in [-0.1, -0.05) is 0 Å². The topological polar surface area (TPSA) is 88.0 Å². The summed E-state index contributed by atoms with van der Waals surface area (Å²) in [4.78, 5) is 26.9. The van der Waals surface area contributed by atoms with E-state index in [1.54, 1.807) is 0 Å². The van der Waals surface area contributed by atoms with Crippen LogP contribution in [0.4, 0.5) is 0 Å². The second-order valence-electron chi connectivity index (χ2n) is 5.77. The van der Waals surface area contributed by atoms with Crippen molar-refractivity contribution in [3.8, 4) is 0 Å². The summed E-state index contributed by atoms with van der Waals surface area (Å²) in [5, 5.41) is 3.04. The number of aryl methyl sites for hydroxylation is 1. The lowest BCUT2D eigenvalue weighted by Crippen LogP contribution is -2.40. The Morgan fingerprint density at radius 3 is 2.24 bits per heavy atom. The van der Waals surface area contributed by atoms with E-state index in [1.165, 1.54) is 6.92 Å². The molecule has 0 bridgehead atoms. The average Bonchev–Trinajstić information content (AvgIpc) is 2.67. The highest BCUT2D eigenvalue weighted by Gasteiger charge is 2.24. The van der Waals surface area contributed by atoms with Crippen molar-refractivity contribution in [3.05, 3.63) is 22.5 Å². The molecule has 0 radical (unpaired) electrons. The Hall–Kier alpha value is -1.33. The third-order valence-corrected chi connectivity index (χ3v) is 4.12. The van der Waals surface area contributed by atoms with E-state index in [9.17, 15) is 9.59 Å². The maximum atomic E-state index is 12.3. The Morgan fingerprint density at radius 2 is 1.76 bits per heavy atom. The van der Waals surface area contributed by atoms with Crippen molar-refractivity contribution in [3.63, 3.8) is 0 Å². The molecule has 0 aromatic carbocycles. The molecule has 1 aromatic rings. The van der Waals surface area contributed by atoms with Crippen molar-refractivity contribution in [2.45, 2.75) is 58.5 Å². The molecular formula is C15H24ClN3O2. The third kappa shape index (κ3) is 3.86. The first-order valence-corrected chi connectivity index (χ1v) is 7.16. The summed E-state index contributed by atoms with van der Waals surface area (Å²) in [5.41, 5.74) is 8.48. The molecule has 0 saturated heterocycles. The monoisotopic (exact) mass is 313 g/mol. The molecule has 1 amide bonds. The number of hydrogen-bond acceptors (Lipinski definition) is 3. The molecule has 118 valence electrons. The predicted octanol–water partition coefficient (Wildman–Crippen LogP) is 2.26. The third-order valence-electron chi connectivity index (χ3n) is 4.12. The Bertz CT molecular complexity index is 531. The zero-order valence-corrected chi connectivity index (χ0v) is 13.6. The minimum atomic E-state index is -0.126. The lowest BCUT2D eigenvalue weighted by Gasteiger charge is -2.26. The van der Waals surface area contributed by atoms with Crippen LogP contribution < -0.4 is 11.1 Å². The number of nitrogens with two attached hydrogens (primary N) is 1. The second kappa shape index (κ2) is 7.09. The lowest BCUT2D eigenvalue weighted by molar-refractivity contribution is 0.0920. The molecule has 1 heterocycles. The number of ketones is 1. The number of Topliss-reactive ketones (excluding diaryl/α,β-unsaturated/α-hetero) is 1. The van der Waals surface area contributed by atoms with Crippen molar-refractivity contribution in [1.82, 2.24) is 10.3 Å². The van der Waals surface area contributed by atoms with Crippen molar-refractivity contribution >= 4 is 24.1 Å². The highest BCUT2D eigenvalue weighted by Crippen LogP contribution is 2.20. The van der Waals surface area contributed by atoms with Crippen LogP contribution in [0.5, 0.6) is 0 Å². The number of aromatic nitrogens is 1. The van der Waals surface area contributed by atoms with Gasteiger partial charge in [0.1, 0.15) is 5.69 Å². The van der Waals surface area contributed by atoms with E-state index in [2.05, 4.69) is 10.3 Å². The van der Waals surface area contributed by atoms with E-state index in [1.807, 2.05) is 13.8 Å². The number of amides is 1. The van der Waals surface area contributed by atoms with Gasteiger partial charge < -0.3 is 16.0 Å². The summed E-state index contributed by atoms with van der Waals surface area (Å²) in [5.74, 6) is -0.141. The molecule has 1 aliphatic rings. The van der Waals surface area contributed by atoms with Crippen LogP contribution in [0.15, 0.2) is 0 Å². The number of H-pyrrole nitrogens is 1. The smallest absolute Gasteiger partial charge is 0.268 e. The van der Waals surface area contributed by atoms with Crippen molar-refractivity contribution in [1.29, 1.82) is 0 Å². The predicted molar refractivity (Wildman–Crippen MR) is 85.2 cm³/mol. The van der Waals surface area contributed by atoms with Crippen LogP contribution in [0.3, 0.4) is 0 Å². The minimum Gasteiger partial charge on any atom is -0.354 e. The number of halogens is 1. The summed E-state index contributed by atoms with van der Waals surface area (Å²) in [6, 6.07) is 0.452. The molecule has 1 saturated carbocycles. The Labute approximate surface area is 131 Å². The molecule has 4 N–H and O–H groups in total. The average molecular weight is 314 g/mol. The Kier molecular flexibility index (Phi) is 5.98. The molecule has 2 rings (SSSR count). The van der Waals surface area contributed by atoms with Gasteiger partial charge in [-0.15, -0.1) is 12.4 Å². The van der Waals surface area contributed by atoms with Crippen LogP contribution >= 0.6 is 12.4 Å². The maximum Gasteiger partial charge on any atom is 0.268 e. The van der Waals surface area contributed by atoms with Crippen LogP contribution in [0, 0.1) is 13.8 Å². The molecule has 6 heteroatoms. The van der Waals surface area contributed by atoms with Gasteiger partial charge in [0.25, 0.3) is 5.91 Å². The van der Waals surface area contributed by atoms with Gasteiger partial charge in [-0.25, -0.2) is 0 Å². The second-order valence-corrected chi connectivity index (χ2v) is 5.77. The summed E-state index contributed by atoms with van der Waals surface area (Å²) in [6.45, 7) is 5.15. The molecule has 5 nitrogen and oxygen atoms in total. The van der Waals surface area contributed by atoms with E-state index in [0.29, 0.717) is 11.3 Å². The molecule has 0 atom stereocenters. The van der Waals surface area contributed by atoms with E-state index in [4.69, 9.17) is 5.73 Å². The highest BCUT2D eigenvalue weighted by atomic mass is 35.5. The summed E-state index contributed by atoms with van der Waals surface area (Å²) >= 11 is 0. The summed E-state index contributed by atoms with van der Waals surface area (Å²) in [6.07, 6.45) is 3.75. The van der Waals surface area contributed by atoms with Gasteiger partial charge in [0.15, 0.2) is 5.78 Å². The van der Waals surface area contributed by atoms with E-state index in [-0.39, 0.29) is 36.2 Å². The van der Waals surface area contributed by atoms with Crippen molar-refractivity contribution < 1.29 is 9.59 Å². The quantitative estimate of drug-likeness (QED) is 0.748. The van der Waals surface area contributed by atoms with E-state index >= 15 is 0 Å². The fraction of sp³-hybridized carbons (Fsp3) is 0.600. The van der Waals surface area contributed by atoms with Crippen LogP contribution in [-0.2, 0) is 0 Å². The van der Waals surface area contributed by atoms with Gasteiger partial charge >= 0.3 is 0 Å². The van der Waals surface area contributed by atoms with Gasteiger partial charge in [0, 0.05) is 23.3 Å². The SMILES string of the molecule is CC(=O)c1c(C)[nH]c(C(=O)NC2CCC(N)CC2)c1C.Cl. The maximum absolute atomic E-state index is 12.3. The van der Waals surface area contributed by atoms with E-state index < -0.39 is 0 Å². The van der Waals surface area contributed by atoms with Crippen molar-refractivity contribution in [2.75, 3.05) is 0 Å². The van der Waals surface area contributed by atoms with Gasteiger partial charge in [0.2, 0.25) is 0 Å². The van der Waals surface area contributed by atoms with Gasteiger partial charge in [-0.3, -0.25) is 9.59 Å².